The molecular weight excluding hydrogens is 254 g/mol. The van der Waals surface area contributed by atoms with Crippen LogP contribution in [0.5, 0.6) is 0 Å². The van der Waals surface area contributed by atoms with Crippen LogP contribution in [0.4, 0.5) is 5.69 Å². The highest BCUT2D eigenvalue weighted by molar-refractivity contribution is 9.10. The Bertz CT molecular complexity index is 361. The average Bonchev–Trinajstić information content (AvgIpc) is 2.18. The van der Waals surface area contributed by atoms with Gasteiger partial charge in [-0.2, -0.15) is 0 Å². The molecule has 2 nitrogen and oxygen atoms in total. The molecule has 0 spiro atoms. The first kappa shape index (κ1) is 12.2. The zero-order valence-electron chi connectivity index (χ0n) is 9.09. The molecule has 0 saturated carbocycles. The number of rotatable bonds is 4. The van der Waals surface area contributed by atoms with Gasteiger partial charge < -0.3 is 5.73 Å². The molecule has 15 heavy (non-hydrogen) atoms. The summed E-state index contributed by atoms with van der Waals surface area (Å²) in [5.74, 6) is 0.746. The van der Waals surface area contributed by atoms with Crippen molar-refractivity contribution >= 4 is 27.4 Å². The second-order valence-corrected chi connectivity index (χ2v) is 4.95. The van der Waals surface area contributed by atoms with E-state index in [1.807, 2.05) is 0 Å². The van der Waals surface area contributed by atoms with Gasteiger partial charge in [0.1, 0.15) is 0 Å². The fourth-order valence-corrected chi connectivity index (χ4v) is 1.64. The van der Waals surface area contributed by atoms with Crippen LogP contribution in [0.3, 0.4) is 0 Å². The van der Waals surface area contributed by atoms with Crippen molar-refractivity contribution < 1.29 is 4.79 Å². The van der Waals surface area contributed by atoms with Gasteiger partial charge in [0.25, 0.3) is 0 Å². The molecule has 0 aromatic heterocycles. The predicted octanol–water partition coefficient (Wildman–Crippen LogP) is 3.65. The Hall–Kier alpha value is -0.830. The summed E-state index contributed by atoms with van der Waals surface area (Å²) in [7, 11) is 0. The smallest absolute Gasteiger partial charge is 0.162 e. The highest BCUT2D eigenvalue weighted by atomic mass is 79.9. The van der Waals surface area contributed by atoms with Crippen LogP contribution in [0.2, 0.25) is 0 Å². The average molecular weight is 270 g/mol. The number of nitrogens with two attached hydrogens (primary N) is 1. The number of hydrogen-bond acceptors (Lipinski definition) is 2. The van der Waals surface area contributed by atoms with Crippen LogP contribution in [-0.2, 0) is 0 Å². The quantitative estimate of drug-likeness (QED) is 0.670. The van der Waals surface area contributed by atoms with Crippen molar-refractivity contribution in [1.82, 2.24) is 0 Å². The number of carbonyl (C=O) groups excluding carboxylic acids is 1. The van der Waals surface area contributed by atoms with Gasteiger partial charge in [-0.05, 0) is 46.5 Å². The third-order valence-electron chi connectivity index (χ3n) is 2.27. The van der Waals surface area contributed by atoms with Crippen LogP contribution in [0.1, 0.15) is 37.0 Å². The molecule has 0 bridgehead atoms. The van der Waals surface area contributed by atoms with E-state index in [-0.39, 0.29) is 5.78 Å². The fraction of sp³-hybridized carbons (Fsp3) is 0.417. The van der Waals surface area contributed by atoms with Crippen LogP contribution in [0.25, 0.3) is 0 Å². The fourth-order valence-electron chi connectivity index (χ4n) is 1.26. The SMILES string of the molecule is CC(C)CCC(=O)c1ccc(N)c(Br)c1. The molecule has 0 saturated heterocycles. The number of nitrogen functional groups attached to an aromatic ring is 1. The molecule has 0 aliphatic rings. The molecule has 1 aromatic carbocycles. The summed E-state index contributed by atoms with van der Waals surface area (Å²) in [6, 6.07) is 5.33. The number of ketones is 1. The Labute approximate surface area is 99.0 Å². The monoisotopic (exact) mass is 269 g/mol. The molecule has 3 heteroatoms. The molecule has 1 aromatic rings. The molecule has 0 unspecified atom stereocenters. The number of halogens is 1. The minimum Gasteiger partial charge on any atom is -0.398 e. The van der Waals surface area contributed by atoms with Gasteiger partial charge >= 0.3 is 0 Å². The number of hydrogen-bond donors (Lipinski definition) is 1. The third-order valence-corrected chi connectivity index (χ3v) is 2.96. The van der Waals surface area contributed by atoms with E-state index < -0.39 is 0 Å². The normalized spacial score (nSPS) is 10.7. The molecule has 1 rings (SSSR count). The van der Waals surface area contributed by atoms with Crippen molar-refractivity contribution in [3.05, 3.63) is 28.2 Å². The largest absolute Gasteiger partial charge is 0.398 e. The van der Waals surface area contributed by atoms with E-state index in [4.69, 9.17) is 5.73 Å². The summed E-state index contributed by atoms with van der Waals surface area (Å²) in [6.07, 6.45) is 1.54. The van der Waals surface area contributed by atoms with Crippen molar-refractivity contribution in [3.8, 4) is 0 Å². The Morgan fingerprint density at radius 2 is 2.13 bits per heavy atom. The van der Waals surface area contributed by atoms with Crippen LogP contribution in [-0.4, -0.2) is 5.78 Å². The Kier molecular flexibility index (Phi) is 4.33. The van der Waals surface area contributed by atoms with E-state index in [9.17, 15) is 4.79 Å². The molecule has 2 N–H and O–H groups in total. The van der Waals surface area contributed by atoms with Crippen LogP contribution >= 0.6 is 15.9 Å². The highest BCUT2D eigenvalue weighted by Crippen LogP contribution is 2.21. The van der Waals surface area contributed by atoms with E-state index in [2.05, 4.69) is 29.8 Å². The van der Waals surface area contributed by atoms with Crippen molar-refractivity contribution in [2.75, 3.05) is 5.73 Å². The summed E-state index contributed by atoms with van der Waals surface area (Å²) in [5.41, 5.74) is 7.05. The summed E-state index contributed by atoms with van der Waals surface area (Å²) in [5, 5.41) is 0. The number of carbonyl (C=O) groups is 1. The molecule has 0 aliphatic heterocycles. The van der Waals surface area contributed by atoms with Gasteiger partial charge in [-0.25, -0.2) is 0 Å². The highest BCUT2D eigenvalue weighted by Gasteiger charge is 2.08. The van der Waals surface area contributed by atoms with Crippen LogP contribution in [0, 0.1) is 5.92 Å². The lowest BCUT2D eigenvalue weighted by atomic mass is 10.0. The van der Waals surface area contributed by atoms with Crippen LogP contribution < -0.4 is 5.73 Å². The molecule has 0 amide bonds. The number of Topliss-reactive ketones (excluding diaryl/α,β-unsaturated/α-hetero) is 1. The molecule has 0 radical (unpaired) electrons. The summed E-state index contributed by atoms with van der Waals surface area (Å²) in [4.78, 5) is 11.8. The van der Waals surface area contributed by atoms with Gasteiger partial charge in [0.05, 0.1) is 0 Å². The lowest BCUT2D eigenvalue weighted by Crippen LogP contribution is -2.02. The Balaban J connectivity index is 2.70. The molecule has 0 atom stereocenters. The second kappa shape index (κ2) is 5.31. The minimum atomic E-state index is 0.185. The summed E-state index contributed by atoms with van der Waals surface area (Å²) in [6.45, 7) is 4.23. The molecule has 0 fully saturated rings. The molecule has 0 heterocycles. The van der Waals surface area contributed by atoms with Crippen molar-refractivity contribution in [2.45, 2.75) is 26.7 Å². The Morgan fingerprint density at radius 1 is 1.47 bits per heavy atom. The standard InChI is InChI=1S/C12H16BrNO/c1-8(2)3-6-12(15)9-4-5-11(14)10(13)7-9/h4-5,7-8H,3,6,14H2,1-2H3. The molecular formula is C12H16BrNO. The summed E-state index contributed by atoms with van der Waals surface area (Å²) >= 11 is 3.32. The topological polar surface area (TPSA) is 43.1 Å². The maximum atomic E-state index is 11.8. The first-order valence-corrected chi connectivity index (χ1v) is 5.88. The van der Waals surface area contributed by atoms with Crippen molar-refractivity contribution in [1.29, 1.82) is 0 Å². The maximum Gasteiger partial charge on any atom is 0.162 e. The maximum absolute atomic E-state index is 11.8. The third kappa shape index (κ3) is 3.67. The lowest BCUT2D eigenvalue weighted by molar-refractivity contribution is 0.0975. The molecule has 82 valence electrons. The van der Waals surface area contributed by atoms with E-state index in [0.29, 0.717) is 18.0 Å². The number of benzene rings is 1. The van der Waals surface area contributed by atoms with Crippen molar-refractivity contribution in [2.24, 2.45) is 5.92 Å². The van der Waals surface area contributed by atoms with Crippen LogP contribution in [0.15, 0.2) is 22.7 Å². The Morgan fingerprint density at radius 3 is 2.67 bits per heavy atom. The van der Waals surface area contributed by atoms with Gasteiger partial charge in [0, 0.05) is 22.1 Å². The van der Waals surface area contributed by atoms with Gasteiger partial charge in [-0.1, -0.05) is 13.8 Å². The van der Waals surface area contributed by atoms with E-state index >= 15 is 0 Å². The predicted molar refractivity (Wildman–Crippen MR) is 67.0 cm³/mol. The number of anilines is 1. The van der Waals surface area contributed by atoms with Gasteiger partial charge in [0.15, 0.2) is 5.78 Å². The first-order valence-electron chi connectivity index (χ1n) is 5.09. The van der Waals surface area contributed by atoms with Crippen molar-refractivity contribution in [3.63, 3.8) is 0 Å². The lowest BCUT2D eigenvalue weighted by Gasteiger charge is -2.05. The van der Waals surface area contributed by atoms with Gasteiger partial charge in [-0.15, -0.1) is 0 Å². The summed E-state index contributed by atoms with van der Waals surface area (Å²) < 4.78 is 0.790. The first-order chi connectivity index (χ1) is 7.00. The van der Waals surface area contributed by atoms with Gasteiger partial charge in [-0.3, -0.25) is 4.79 Å². The zero-order valence-corrected chi connectivity index (χ0v) is 10.7. The molecule has 0 aliphatic carbocycles. The minimum absolute atomic E-state index is 0.185. The van der Waals surface area contributed by atoms with E-state index in [1.54, 1.807) is 18.2 Å². The second-order valence-electron chi connectivity index (χ2n) is 4.09. The van der Waals surface area contributed by atoms with Gasteiger partial charge in [0.2, 0.25) is 0 Å². The van der Waals surface area contributed by atoms with E-state index in [0.717, 1.165) is 16.5 Å². The zero-order chi connectivity index (χ0) is 11.4. The van der Waals surface area contributed by atoms with E-state index in [1.165, 1.54) is 0 Å².